The zero-order chi connectivity index (χ0) is 13.8. The standard InChI is InChI=1S/C14H19N3O2/c1-9(8-18)10(2)16-14(19)17-12-3-4-13-11(7-12)5-6-15-13/h3-7,9-10,15,18H,8H2,1-2H3,(H2,16,17,19). The summed E-state index contributed by atoms with van der Waals surface area (Å²) in [6.07, 6.45) is 1.86. The number of urea groups is 1. The number of nitrogens with one attached hydrogen (secondary N) is 3. The minimum atomic E-state index is -0.261. The summed E-state index contributed by atoms with van der Waals surface area (Å²) in [6.45, 7) is 3.81. The second kappa shape index (κ2) is 5.75. The van der Waals surface area contributed by atoms with Crippen molar-refractivity contribution in [3.05, 3.63) is 30.5 Å². The maximum atomic E-state index is 11.8. The van der Waals surface area contributed by atoms with Crippen molar-refractivity contribution in [3.8, 4) is 0 Å². The first-order valence-electron chi connectivity index (χ1n) is 6.35. The summed E-state index contributed by atoms with van der Waals surface area (Å²) in [5.41, 5.74) is 1.78. The summed E-state index contributed by atoms with van der Waals surface area (Å²) in [4.78, 5) is 14.9. The first kappa shape index (κ1) is 13.4. The smallest absolute Gasteiger partial charge is 0.319 e. The highest BCUT2D eigenvalue weighted by Crippen LogP contribution is 2.17. The highest BCUT2D eigenvalue weighted by molar-refractivity contribution is 5.92. The van der Waals surface area contributed by atoms with Gasteiger partial charge in [0.05, 0.1) is 0 Å². The number of hydrogen-bond acceptors (Lipinski definition) is 2. The Kier molecular flexibility index (Phi) is 4.06. The summed E-state index contributed by atoms with van der Waals surface area (Å²) in [5, 5.41) is 15.7. The second-order valence-corrected chi connectivity index (χ2v) is 4.83. The fraction of sp³-hybridized carbons (Fsp3) is 0.357. The van der Waals surface area contributed by atoms with Gasteiger partial charge in [0.2, 0.25) is 0 Å². The summed E-state index contributed by atoms with van der Waals surface area (Å²) in [6, 6.07) is 7.28. The minimum Gasteiger partial charge on any atom is -0.396 e. The van der Waals surface area contributed by atoms with Crippen LogP contribution in [0.3, 0.4) is 0 Å². The third-order valence-corrected chi connectivity index (χ3v) is 3.31. The van der Waals surface area contributed by atoms with Crippen molar-refractivity contribution in [1.29, 1.82) is 0 Å². The van der Waals surface area contributed by atoms with Crippen LogP contribution in [0.25, 0.3) is 10.9 Å². The van der Waals surface area contributed by atoms with E-state index in [-0.39, 0.29) is 24.6 Å². The lowest BCUT2D eigenvalue weighted by atomic mass is 10.1. The number of aliphatic hydroxyl groups is 1. The van der Waals surface area contributed by atoms with Crippen LogP contribution >= 0.6 is 0 Å². The SMILES string of the molecule is CC(CO)C(C)NC(=O)Nc1ccc2[nH]ccc2c1. The number of aromatic amines is 1. The van der Waals surface area contributed by atoms with Crippen molar-refractivity contribution in [2.24, 2.45) is 5.92 Å². The maximum Gasteiger partial charge on any atom is 0.319 e. The molecule has 1 heterocycles. The number of aromatic nitrogens is 1. The van der Waals surface area contributed by atoms with Crippen LogP contribution in [-0.2, 0) is 0 Å². The molecule has 4 N–H and O–H groups in total. The van der Waals surface area contributed by atoms with Gasteiger partial charge in [-0.15, -0.1) is 0 Å². The van der Waals surface area contributed by atoms with Crippen LogP contribution in [0.2, 0.25) is 0 Å². The normalized spacial score (nSPS) is 14.1. The maximum absolute atomic E-state index is 11.8. The van der Waals surface area contributed by atoms with Gasteiger partial charge >= 0.3 is 6.03 Å². The number of carbonyl (C=O) groups excluding carboxylic acids is 1. The molecule has 1 aromatic heterocycles. The van der Waals surface area contributed by atoms with Crippen LogP contribution in [-0.4, -0.2) is 28.8 Å². The quantitative estimate of drug-likeness (QED) is 0.681. The molecule has 5 nitrogen and oxygen atoms in total. The predicted octanol–water partition coefficient (Wildman–Crippen LogP) is 2.31. The number of rotatable bonds is 4. The van der Waals surface area contributed by atoms with E-state index in [9.17, 15) is 4.79 Å². The second-order valence-electron chi connectivity index (χ2n) is 4.83. The molecule has 5 heteroatoms. The minimum absolute atomic E-state index is 0.0258. The molecule has 0 saturated carbocycles. The number of amides is 2. The third kappa shape index (κ3) is 3.26. The molecule has 2 rings (SSSR count). The molecule has 0 saturated heterocycles. The molecule has 102 valence electrons. The Hall–Kier alpha value is -2.01. The molecule has 0 aliphatic carbocycles. The molecule has 0 bridgehead atoms. The average molecular weight is 261 g/mol. The largest absolute Gasteiger partial charge is 0.396 e. The van der Waals surface area contributed by atoms with Gasteiger partial charge in [-0.2, -0.15) is 0 Å². The van der Waals surface area contributed by atoms with E-state index in [4.69, 9.17) is 5.11 Å². The van der Waals surface area contributed by atoms with Crippen LogP contribution in [0.5, 0.6) is 0 Å². The fourth-order valence-electron chi connectivity index (χ4n) is 1.81. The number of aliphatic hydroxyl groups excluding tert-OH is 1. The van der Waals surface area contributed by atoms with E-state index in [0.29, 0.717) is 0 Å². The van der Waals surface area contributed by atoms with Crippen molar-refractivity contribution in [2.75, 3.05) is 11.9 Å². The van der Waals surface area contributed by atoms with E-state index < -0.39 is 0 Å². The van der Waals surface area contributed by atoms with Gasteiger partial charge in [-0.05, 0) is 37.1 Å². The van der Waals surface area contributed by atoms with E-state index in [1.165, 1.54) is 0 Å². The monoisotopic (exact) mass is 261 g/mol. The summed E-state index contributed by atoms with van der Waals surface area (Å²) in [5.74, 6) is 0.0258. The Labute approximate surface area is 112 Å². The van der Waals surface area contributed by atoms with Crippen LogP contribution in [0.4, 0.5) is 10.5 Å². The topological polar surface area (TPSA) is 77.2 Å². The van der Waals surface area contributed by atoms with Gasteiger partial charge in [-0.1, -0.05) is 6.92 Å². The van der Waals surface area contributed by atoms with Crippen molar-refractivity contribution >= 4 is 22.6 Å². The van der Waals surface area contributed by atoms with Gasteiger partial charge in [0.25, 0.3) is 0 Å². The molecule has 0 aliphatic heterocycles. The summed E-state index contributed by atoms with van der Waals surface area (Å²) >= 11 is 0. The van der Waals surface area contributed by atoms with E-state index in [0.717, 1.165) is 16.6 Å². The predicted molar refractivity (Wildman–Crippen MR) is 76.2 cm³/mol. The fourth-order valence-corrected chi connectivity index (χ4v) is 1.81. The Morgan fingerprint density at radius 3 is 2.89 bits per heavy atom. The molecule has 2 atom stereocenters. The zero-order valence-electron chi connectivity index (χ0n) is 11.1. The van der Waals surface area contributed by atoms with Gasteiger partial charge < -0.3 is 20.7 Å². The molecule has 0 spiro atoms. The Morgan fingerprint density at radius 2 is 2.16 bits per heavy atom. The van der Waals surface area contributed by atoms with E-state index >= 15 is 0 Å². The number of H-pyrrole nitrogens is 1. The molecule has 2 unspecified atom stereocenters. The molecule has 2 amide bonds. The van der Waals surface area contributed by atoms with Gasteiger partial charge in [-0.25, -0.2) is 4.79 Å². The van der Waals surface area contributed by atoms with Crippen molar-refractivity contribution in [2.45, 2.75) is 19.9 Å². The number of anilines is 1. The molecular formula is C14H19N3O2. The number of hydrogen-bond donors (Lipinski definition) is 4. The lowest BCUT2D eigenvalue weighted by Crippen LogP contribution is -2.40. The van der Waals surface area contributed by atoms with E-state index in [2.05, 4.69) is 15.6 Å². The zero-order valence-corrected chi connectivity index (χ0v) is 11.1. The van der Waals surface area contributed by atoms with E-state index in [1.54, 1.807) is 0 Å². The molecule has 0 aliphatic rings. The Morgan fingerprint density at radius 1 is 1.37 bits per heavy atom. The molecule has 1 aromatic carbocycles. The molecule has 0 fully saturated rings. The highest BCUT2D eigenvalue weighted by Gasteiger charge is 2.13. The van der Waals surface area contributed by atoms with Crippen LogP contribution in [0.1, 0.15) is 13.8 Å². The summed E-state index contributed by atoms with van der Waals surface area (Å²) in [7, 11) is 0. The number of benzene rings is 1. The van der Waals surface area contributed by atoms with Gasteiger partial charge in [-0.3, -0.25) is 0 Å². The summed E-state index contributed by atoms with van der Waals surface area (Å²) < 4.78 is 0. The van der Waals surface area contributed by atoms with Gasteiger partial charge in [0.15, 0.2) is 0 Å². The lowest BCUT2D eigenvalue weighted by Gasteiger charge is -2.19. The van der Waals surface area contributed by atoms with Gasteiger partial charge in [0, 0.05) is 35.4 Å². The van der Waals surface area contributed by atoms with E-state index in [1.807, 2.05) is 44.3 Å². The van der Waals surface area contributed by atoms with Crippen LogP contribution in [0, 0.1) is 5.92 Å². The molecule has 0 radical (unpaired) electrons. The number of fused-ring (bicyclic) bond motifs is 1. The van der Waals surface area contributed by atoms with Crippen LogP contribution < -0.4 is 10.6 Å². The van der Waals surface area contributed by atoms with Crippen LogP contribution in [0.15, 0.2) is 30.5 Å². The van der Waals surface area contributed by atoms with Crippen molar-refractivity contribution in [3.63, 3.8) is 0 Å². The highest BCUT2D eigenvalue weighted by atomic mass is 16.3. The average Bonchev–Trinajstić information content (AvgIpc) is 2.84. The molecule has 2 aromatic rings. The van der Waals surface area contributed by atoms with Gasteiger partial charge in [0.1, 0.15) is 0 Å². The molecule has 19 heavy (non-hydrogen) atoms. The first-order valence-corrected chi connectivity index (χ1v) is 6.35. The number of carbonyl (C=O) groups is 1. The first-order chi connectivity index (χ1) is 9.10. The molecular weight excluding hydrogens is 242 g/mol. The van der Waals surface area contributed by atoms with Crippen molar-refractivity contribution in [1.82, 2.24) is 10.3 Å². The third-order valence-electron chi connectivity index (χ3n) is 3.31. The Bertz CT molecular complexity index is 565. The lowest BCUT2D eigenvalue weighted by molar-refractivity contribution is 0.204. The van der Waals surface area contributed by atoms with Crippen molar-refractivity contribution < 1.29 is 9.90 Å². The Balaban J connectivity index is 1.98.